The normalized spacial score (nSPS) is 11.7. The van der Waals surface area contributed by atoms with Crippen molar-refractivity contribution < 1.29 is 19.7 Å². The Morgan fingerprint density at radius 3 is 2.62 bits per heavy atom. The van der Waals surface area contributed by atoms with Crippen LogP contribution in [0.3, 0.4) is 0 Å². The Kier molecular flexibility index (Phi) is 7.02. The monoisotopic (exact) mass is 559 g/mol. The maximum atomic E-state index is 12.4. The van der Waals surface area contributed by atoms with Crippen molar-refractivity contribution in [1.82, 2.24) is 14.6 Å². The summed E-state index contributed by atoms with van der Waals surface area (Å²) in [5.41, 5.74) is 3.16. The summed E-state index contributed by atoms with van der Waals surface area (Å²) >= 11 is 3.48. The van der Waals surface area contributed by atoms with Gasteiger partial charge in [0.2, 0.25) is 0 Å². The predicted octanol–water partition coefficient (Wildman–Crippen LogP) is 4.81. The maximum Gasteiger partial charge on any atom is 0.293 e. The zero-order valence-electron chi connectivity index (χ0n) is 19.4. The van der Waals surface area contributed by atoms with E-state index in [-0.39, 0.29) is 5.75 Å². The van der Waals surface area contributed by atoms with E-state index in [1.165, 1.54) is 0 Å². The highest BCUT2D eigenvalue weighted by Crippen LogP contribution is 2.31. The fourth-order valence-corrected chi connectivity index (χ4v) is 4.08. The number of aromatic nitrogens is 3. The number of nitrogens with one attached hydrogen (secondary N) is 2. The quantitative estimate of drug-likeness (QED) is 0.201. The third-order valence-corrected chi connectivity index (χ3v) is 6.05. The van der Waals surface area contributed by atoms with Crippen LogP contribution in [0.4, 0.5) is 11.5 Å². The molecule has 0 spiro atoms. The average molecular weight is 560 g/mol. The largest absolute Gasteiger partial charge is 0.507 e. The maximum absolute atomic E-state index is 12.4. The van der Waals surface area contributed by atoms with Gasteiger partial charge in [-0.25, -0.2) is 4.98 Å². The molecule has 0 radical (unpaired) electrons. The van der Waals surface area contributed by atoms with Crippen LogP contribution in [0.25, 0.3) is 16.9 Å². The van der Waals surface area contributed by atoms with E-state index in [9.17, 15) is 15.0 Å². The van der Waals surface area contributed by atoms with Gasteiger partial charge >= 0.3 is 0 Å². The Labute approximate surface area is 220 Å². The van der Waals surface area contributed by atoms with Crippen LogP contribution < -0.4 is 15.4 Å². The predicted molar refractivity (Wildman–Crippen MR) is 143 cm³/mol. The number of aliphatic hydroxyl groups excluding tert-OH is 1. The van der Waals surface area contributed by atoms with Crippen molar-refractivity contribution in [2.75, 3.05) is 10.6 Å². The van der Waals surface area contributed by atoms with Crippen LogP contribution in [0, 0.1) is 0 Å². The van der Waals surface area contributed by atoms with Crippen LogP contribution in [-0.4, -0.2) is 37.0 Å². The molecule has 2 aromatic heterocycles. The van der Waals surface area contributed by atoms with Gasteiger partial charge in [0.05, 0.1) is 16.4 Å². The highest BCUT2D eigenvalue weighted by Gasteiger charge is 2.17. The lowest BCUT2D eigenvalue weighted by Gasteiger charge is -2.14. The number of hydrogen-bond donors (Lipinski definition) is 4. The summed E-state index contributed by atoms with van der Waals surface area (Å²) in [6.07, 6.45) is 0.00146. The van der Waals surface area contributed by atoms with Crippen molar-refractivity contribution in [2.24, 2.45) is 0 Å². The number of carbonyl (C=O) groups excluding carboxylic acids is 1. The average Bonchev–Trinajstić information content (AvgIpc) is 3.29. The third kappa shape index (κ3) is 5.55. The number of aromatic hydroxyl groups is 1. The zero-order valence-corrected chi connectivity index (χ0v) is 21.0. The summed E-state index contributed by atoms with van der Waals surface area (Å²) in [7, 11) is 0. The zero-order chi connectivity index (χ0) is 25.8. The molecule has 0 aliphatic carbocycles. The molecule has 0 fully saturated rings. The Balaban J connectivity index is 1.32. The lowest BCUT2D eigenvalue weighted by Crippen LogP contribution is -2.32. The first-order valence-corrected chi connectivity index (χ1v) is 12.1. The summed E-state index contributed by atoms with van der Waals surface area (Å²) in [6, 6.07) is 24.7. The van der Waals surface area contributed by atoms with Crippen LogP contribution in [0.1, 0.15) is 5.56 Å². The second kappa shape index (κ2) is 10.7. The number of fused-ring (bicyclic) bond motifs is 1. The van der Waals surface area contributed by atoms with Gasteiger partial charge in [-0.15, -0.1) is 0 Å². The fraction of sp³-hybridized carbons (Fsp3) is 0.0741. The molecule has 0 bridgehead atoms. The van der Waals surface area contributed by atoms with Gasteiger partial charge in [-0.1, -0.05) is 42.5 Å². The number of halogens is 1. The van der Waals surface area contributed by atoms with Crippen molar-refractivity contribution in [1.29, 1.82) is 0 Å². The minimum atomic E-state index is -1.65. The number of aliphatic hydroxyl groups is 1. The van der Waals surface area contributed by atoms with Crippen molar-refractivity contribution in [2.45, 2.75) is 12.8 Å². The Hall–Kier alpha value is -4.41. The van der Waals surface area contributed by atoms with Crippen LogP contribution in [0.2, 0.25) is 0 Å². The second-order valence-electron chi connectivity index (χ2n) is 8.10. The van der Waals surface area contributed by atoms with E-state index in [0.29, 0.717) is 45.2 Å². The molecular weight excluding hydrogens is 538 g/mol. The molecule has 1 atom stereocenters. The Morgan fingerprint density at radius 2 is 1.81 bits per heavy atom. The van der Waals surface area contributed by atoms with E-state index < -0.39 is 12.2 Å². The first kappa shape index (κ1) is 24.3. The van der Waals surface area contributed by atoms with E-state index in [2.05, 4.69) is 36.6 Å². The molecule has 5 rings (SSSR count). The molecule has 0 aliphatic rings. The number of phenols is 1. The molecule has 0 saturated carbocycles. The summed E-state index contributed by atoms with van der Waals surface area (Å²) in [5.74, 6) is 0.497. The Bertz CT molecular complexity index is 1560. The minimum absolute atomic E-state index is 0.128. The highest BCUT2D eigenvalue weighted by molar-refractivity contribution is 9.10. The molecule has 0 saturated heterocycles. The van der Waals surface area contributed by atoms with E-state index in [0.717, 1.165) is 5.56 Å². The summed E-state index contributed by atoms with van der Waals surface area (Å²) in [6.45, 7) is 0.406. The van der Waals surface area contributed by atoms with Crippen molar-refractivity contribution in [3.8, 4) is 22.8 Å². The standard InChI is InChI=1S/C27H22BrN5O4/c28-21-16-30-33-24(14-22(32-25(21)33)20-11-4-5-12-23(20)34)29-15-17-7-6-8-18(13-17)31-26(35)27(36)37-19-9-2-1-3-10-19/h1-14,16,27,29,34,36H,15H2,(H,31,35). The number of benzene rings is 3. The molecule has 0 aliphatic heterocycles. The number of anilines is 2. The lowest BCUT2D eigenvalue weighted by molar-refractivity contribution is -0.137. The SMILES string of the molecule is O=C(Nc1cccc(CNc2cc(-c3ccccc3O)nc3c(Br)cnn23)c1)C(O)Oc1ccccc1. The molecule has 186 valence electrons. The molecule has 1 unspecified atom stereocenters. The van der Waals surface area contributed by atoms with Gasteiger partial charge in [0.15, 0.2) is 5.65 Å². The first-order chi connectivity index (χ1) is 18.0. The van der Waals surface area contributed by atoms with Gasteiger partial charge in [0.25, 0.3) is 12.2 Å². The van der Waals surface area contributed by atoms with E-state index >= 15 is 0 Å². The topological polar surface area (TPSA) is 121 Å². The van der Waals surface area contributed by atoms with Crippen molar-refractivity contribution >= 4 is 39.0 Å². The molecule has 1 amide bonds. The summed E-state index contributed by atoms with van der Waals surface area (Å²) in [4.78, 5) is 17.1. The minimum Gasteiger partial charge on any atom is -0.507 e. The van der Waals surface area contributed by atoms with Crippen LogP contribution in [-0.2, 0) is 11.3 Å². The van der Waals surface area contributed by atoms with Crippen LogP contribution in [0.5, 0.6) is 11.5 Å². The number of rotatable bonds is 8. The number of ether oxygens (including phenoxy) is 1. The summed E-state index contributed by atoms with van der Waals surface area (Å²) in [5, 5.41) is 30.8. The Morgan fingerprint density at radius 1 is 1.03 bits per heavy atom. The van der Waals surface area contributed by atoms with Gasteiger partial charge in [-0.3, -0.25) is 4.79 Å². The molecule has 9 nitrogen and oxygen atoms in total. The molecule has 37 heavy (non-hydrogen) atoms. The van der Waals surface area contributed by atoms with E-state index in [1.807, 2.05) is 24.3 Å². The lowest BCUT2D eigenvalue weighted by atomic mass is 10.1. The molecule has 10 heteroatoms. The third-order valence-electron chi connectivity index (χ3n) is 5.49. The number of hydrogen-bond acceptors (Lipinski definition) is 7. The van der Waals surface area contributed by atoms with Gasteiger partial charge < -0.3 is 25.6 Å². The number of carbonyl (C=O) groups is 1. The van der Waals surface area contributed by atoms with Crippen molar-refractivity contribution in [3.63, 3.8) is 0 Å². The summed E-state index contributed by atoms with van der Waals surface area (Å²) < 4.78 is 7.66. The molecule has 5 aromatic rings. The molecular formula is C27H22BrN5O4. The highest BCUT2D eigenvalue weighted by atomic mass is 79.9. The number of para-hydroxylation sites is 2. The number of nitrogens with zero attached hydrogens (tertiary/aromatic N) is 3. The van der Waals surface area contributed by atoms with Gasteiger partial charge in [0.1, 0.15) is 17.3 Å². The number of phenolic OH excluding ortho intramolecular Hbond substituents is 1. The van der Waals surface area contributed by atoms with Crippen LogP contribution in [0.15, 0.2) is 95.6 Å². The second-order valence-corrected chi connectivity index (χ2v) is 8.95. The van der Waals surface area contributed by atoms with E-state index in [4.69, 9.17) is 4.74 Å². The molecule has 4 N–H and O–H groups in total. The fourth-order valence-electron chi connectivity index (χ4n) is 3.73. The first-order valence-electron chi connectivity index (χ1n) is 11.3. The van der Waals surface area contributed by atoms with E-state index in [1.54, 1.807) is 71.4 Å². The van der Waals surface area contributed by atoms with Crippen LogP contribution >= 0.6 is 15.9 Å². The van der Waals surface area contributed by atoms with Gasteiger partial charge in [-0.05, 0) is 57.9 Å². The van der Waals surface area contributed by atoms with Gasteiger partial charge in [0, 0.05) is 23.9 Å². The molecule has 2 heterocycles. The number of amides is 1. The van der Waals surface area contributed by atoms with Gasteiger partial charge in [-0.2, -0.15) is 9.61 Å². The smallest absolute Gasteiger partial charge is 0.293 e. The van der Waals surface area contributed by atoms with Crippen molar-refractivity contribution in [3.05, 3.63) is 101 Å². The molecule has 3 aromatic carbocycles.